The number of rotatable bonds is 1. The summed E-state index contributed by atoms with van der Waals surface area (Å²) in [5.41, 5.74) is 0. The lowest BCUT2D eigenvalue weighted by Gasteiger charge is -1.93. The van der Waals surface area contributed by atoms with Crippen LogP contribution in [-0.2, 0) is 6.54 Å². The average Bonchev–Trinajstić information content (AvgIpc) is 2.14. The van der Waals surface area contributed by atoms with Gasteiger partial charge in [-0.2, -0.15) is 5.10 Å². The Morgan fingerprint density at radius 1 is 1.78 bits per heavy atom. The highest BCUT2D eigenvalue weighted by Crippen LogP contribution is 2.03. The van der Waals surface area contributed by atoms with Gasteiger partial charge in [0.25, 0.3) is 0 Å². The molecule has 3 nitrogen and oxygen atoms in total. The third-order valence-electron chi connectivity index (χ3n) is 0.994. The zero-order valence-electron chi connectivity index (χ0n) is 5.11. The summed E-state index contributed by atoms with van der Waals surface area (Å²) in [4.78, 5) is 0. The Morgan fingerprint density at radius 2 is 2.44 bits per heavy atom. The van der Waals surface area contributed by atoms with E-state index in [2.05, 4.69) is 5.10 Å². The maximum atomic E-state index is 8.85. The monoisotopic (exact) mass is 148 g/mol. The van der Waals surface area contributed by atoms with E-state index in [4.69, 9.17) is 5.11 Å². The van der Waals surface area contributed by atoms with Gasteiger partial charge in [0.05, 0.1) is 6.20 Å². The zero-order valence-corrected chi connectivity index (χ0v) is 5.93. The van der Waals surface area contributed by atoms with Crippen molar-refractivity contribution in [3.8, 4) is 5.88 Å². The lowest BCUT2D eigenvalue weighted by atomic mass is 10.7. The average molecular weight is 149 g/mol. The SMILES string of the molecule is CCn1nccc1O.Cl. The first-order valence-corrected chi connectivity index (χ1v) is 2.55. The summed E-state index contributed by atoms with van der Waals surface area (Å²) in [7, 11) is 0. The van der Waals surface area contributed by atoms with Crippen molar-refractivity contribution in [1.29, 1.82) is 0 Å². The first-order valence-electron chi connectivity index (χ1n) is 2.55. The molecule has 0 atom stereocenters. The van der Waals surface area contributed by atoms with Crippen LogP contribution >= 0.6 is 12.4 Å². The van der Waals surface area contributed by atoms with Crippen molar-refractivity contribution in [2.45, 2.75) is 13.5 Å². The smallest absolute Gasteiger partial charge is 0.209 e. The number of aromatic hydroxyl groups is 1. The molecule has 0 saturated heterocycles. The van der Waals surface area contributed by atoms with Crippen LogP contribution in [0.5, 0.6) is 5.88 Å². The second kappa shape index (κ2) is 3.35. The molecule has 1 N–H and O–H groups in total. The van der Waals surface area contributed by atoms with Crippen LogP contribution in [0.3, 0.4) is 0 Å². The van der Waals surface area contributed by atoms with E-state index in [0.717, 1.165) is 6.54 Å². The van der Waals surface area contributed by atoms with Gasteiger partial charge in [-0.1, -0.05) is 0 Å². The third-order valence-corrected chi connectivity index (χ3v) is 0.994. The van der Waals surface area contributed by atoms with Crippen molar-refractivity contribution in [1.82, 2.24) is 9.78 Å². The summed E-state index contributed by atoms with van der Waals surface area (Å²) in [5, 5.41) is 12.7. The zero-order chi connectivity index (χ0) is 5.98. The van der Waals surface area contributed by atoms with Crippen molar-refractivity contribution in [3.63, 3.8) is 0 Å². The molecule has 1 aromatic rings. The molecular weight excluding hydrogens is 140 g/mol. The number of aryl methyl sites for hydroxylation is 1. The van der Waals surface area contributed by atoms with Crippen molar-refractivity contribution in [2.24, 2.45) is 0 Å². The van der Waals surface area contributed by atoms with Gasteiger partial charge in [0.15, 0.2) is 0 Å². The Bertz CT molecular complexity index is 175. The van der Waals surface area contributed by atoms with Crippen LogP contribution in [0.15, 0.2) is 12.3 Å². The fourth-order valence-electron chi connectivity index (χ4n) is 0.569. The Hall–Kier alpha value is -0.700. The molecule has 0 amide bonds. The van der Waals surface area contributed by atoms with Crippen LogP contribution in [-0.4, -0.2) is 14.9 Å². The van der Waals surface area contributed by atoms with Gasteiger partial charge in [0.2, 0.25) is 5.88 Å². The molecule has 0 spiro atoms. The quantitative estimate of drug-likeness (QED) is 0.646. The normalized spacial score (nSPS) is 8.56. The van der Waals surface area contributed by atoms with Gasteiger partial charge in [-0.3, -0.25) is 0 Å². The van der Waals surface area contributed by atoms with Gasteiger partial charge in [-0.25, -0.2) is 4.68 Å². The lowest BCUT2D eigenvalue weighted by Crippen LogP contribution is -1.93. The predicted octanol–water partition coefficient (Wildman–Crippen LogP) is 1.03. The summed E-state index contributed by atoms with van der Waals surface area (Å²) in [5.74, 6) is 0.229. The topological polar surface area (TPSA) is 38.0 Å². The van der Waals surface area contributed by atoms with E-state index in [-0.39, 0.29) is 18.3 Å². The predicted molar refractivity (Wildman–Crippen MR) is 36.8 cm³/mol. The number of hydrogen-bond acceptors (Lipinski definition) is 2. The molecule has 0 saturated carbocycles. The Kier molecular flexibility index (Phi) is 3.09. The molecule has 52 valence electrons. The molecule has 0 aliphatic heterocycles. The minimum atomic E-state index is 0. The number of halogens is 1. The van der Waals surface area contributed by atoms with E-state index in [0.29, 0.717) is 0 Å². The van der Waals surface area contributed by atoms with Crippen LogP contribution in [0.25, 0.3) is 0 Å². The van der Waals surface area contributed by atoms with Crippen molar-refractivity contribution in [2.75, 3.05) is 0 Å². The molecule has 0 aliphatic carbocycles. The van der Waals surface area contributed by atoms with Gasteiger partial charge in [0.1, 0.15) is 0 Å². The second-order valence-corrected chi connectivity index (χ2v) is 1.51. The molecule has 0 fully saturated rings. The number of aromatic nitrogens is 2. The van der Waals surface area contributed by atoms with Crippen molar-refractivity contribution >= 4 is 12.4 Å². The molecule has 0 aromatic carbocycles. The molecule has 1 aromatic heterocycles. The maximum absolute atomic E-state index is 8.85. The molecular formula is C5H9ClN2O. The first kappa shape index (κ1) is 8.30. The highest BCUT2D eigenvalue weighted by molar-refractivity contribution is 5.85. The number of nitrogens with zero attached hydrogens (tertiary/aromatic N) is 2. The van der Waals surface area contributed by atoms with Crippen molar-refractivity contribution < 1.29 is 5.11 Å². The van der Waals surface area contributed by atoms with Crippen LogP contribution < -0.4 is 0 Å². The molecule has 0 unspecified atom stereocenters. The van der Waals surface area contributed by atoms with Gasteiger partial charge in [-0.05, 0) is 6.92 Å². The fourth-order valence-corrected chi connectivity index (χ4v) is 0.569. The van der Waals surface area contributed by atoms with Gasteiger partial charge in [-0.15, -0.1) is 12.4 Å². The van der Waals surface area contributed by atoms with E-state index in [1.807, 2.05) is 6.92 Å². The van der Waals surface area contributed by atoms with Crippen LogP contribution in [0.4, 0.5) is 0 Å². The van der Waals surface area contributed by atoms with E-state index in [1.165, 1.54) is 4.68 Å². The van der Waals surface area contributed by atoms with Crippen LogP contribution in [0.1, 0.15) is 6.92 Å². The molecule has 1 heterocycles. The molecule has 4 heteroatoms. The Labute approximate surface area is 59.7 Å². The summed E-state index contributed by atoms with van der Waals surface area (Å²) >= 11 is 0. The summed E-state index contributed by atoms with van der Waals surface area (Å²) in [6.07, 6.45) is 1.57. The maximum Gasteiger partial charge on any atom is 0.209 e. The molecule has 0 aliphatic rings. The van der Waals surface area contributed by atoms with Crippen LogP contribution in [0, 0.1) is 0 Å². The van der Waals surface area contributed by atoms with Crippen molar-refractivity contribution in [3.05, 3.63) is 12.3 Å². The van der Waals surface area contributed by atoms with Gasteiger partial charge >= 0.3 is 0 Å². The fraction of sp³-hybridized carbons (Fsp3) is 0.400. The summed E-state index contributed by atoms with van der Waals surface area (Å²) in [6.45, 7) is 2.64. The minimum Gasteiger partial charge on any atom is -0.493 e. The highest BCUT2D eigenvalue weighted by Gasteiger charge is 1.91. The first-order chi connectivity index (χ1) is 3.84. The highest BCUT2D eigenvalue weighted by atomic mass is 35.5. The number of hydrogen-bond donors (Lipinski definition) is 1. The minimum absolute atomic E-state index is 0. The molecule has 9 heavy (non-hydrogen) atoms. The molecule has 1 rings (SSSR count). The van der Waals surface area contributed by atoms with E-state index >= 15 is 0 Å². The van der Waals surface area contributed by atoms with Gasteiger partial charge in [0, 0.05) is 12.6 Å². The summed E-state index contributed by atoms with van der Waals surface area (Å²) in [6, 6.07) is 1.56. The second-order valence-electron chi connectivity index (χ2n) is 1.51. The standard InChI is InChI=1S/C5H8N2O.ClH/c1-2-7-5(8)3-4-6-7;/h3-4,8H,2H2,1H3;1H. The van der Waals surface area contributed by atoms with Crippen LogP contribution in [0.2, 0.25) is 0 Å². The largest absolute Gasteiger partial charge is 0.493 e. The van der Waals surface area contributed by atoms with E-state index in [1.54, 1.807) is 12.3 Å². The Balaban J connectivity index is 0.000000640. The van der Waals surface area contributed by atoms with Gasteiger partial charge < -0.3 is 5.11 Å². The molecule has 0 radical (unpaired) electrons. The Morgan fingerprint density at radius 3 is 2.67 bits per heavy atom. The molecule has 0 bridgehead atoms. The van der Waals surface area contributed by atoms with E-state index < -0.39 is 0 Å². The summed E-state index contributed by atoms with van der Waals surface area (Å²) < 4.78 is 1.51. The van der Waals surface area contributed by atoms with E-state index in [9.17, 15) is 0 Å². The lowest BCUT2D eigenvalue weighted by molar-refractivity contribution is 0.405. The third kappa shape index (κ3) is 1.61.